The van der Waals surface area contributed by atoms with E-state index in [4.69, 9.17) is 5.73 Å². The van der Waals surface area contributed by atoms with E-state index in [1.807, 2.05) is 10.8 Å². The first-order valence-corrected chi connectivity index (χ1v) is 8.52. The van der Waals surface area contributed by atoms with Gasteiger partial charge in [-0.3, -0.25) is 0 Å². The van der Waals surface area contributed by atoms with Gasteiger partial charge in [0.1, 0.15) is 0 Å². The number of rotatable bonds is 3. The normalized spacial score (nSPS) is 11.2. The number of nitrogens with two attached hydrogens (primary N) is 1. The molecule has 1 aromatic carbocycles. The summed E-state index contributed by atoms with van der Waals surface area (Å²) >= 11 is 1.28. The molecule has 0 amide bonds. The molecule has 24 heavy (non-hydrogen) atoms. The second-order valence-electron chi connectivity index (χ2n) is 5.18. The second kappa shape index (κ2) is 5.79. The Morgan fingerprint density at radius 1 is 1.17 bits per heavy atom. The minimum atomic E-state index is -0.347. The maximum absolute atomic E-state index is 13.8. The van der Waals surface area contributed by atoms with Crippen LogP contribution < -0.4 is 9.69 Å². The molecule has 0 aliphatic carbocycles. The van der Waals surface area contributed by atoms with Crippen LogP contribution in [0.5, 0.6) is 0 Å². The van der Waals surface area contributed by atoms with E-state index in [-0.39, 0.29) is 5.82 Å². The summed E-state index contributed by atoms with van der Waals surface area (Å²) in [6, 6.07) is 6.44. The van der Waals surface area contributed by atoms with Crippen LogP contribution in [0.3, 0.4) is 0 Å². The summed E-state index contributed by atoms with van der Waals surface area (Å²) in [5, 5.41) is 9.00. The molecule has 0 spiro atoms. The average Bonchev–Trinajstić information content (AvgIpc) is 3.14. The third-order valence-corrected chi connectivity index (χ3v) is 4.73. The first kappa shape index (κ1) is 15.0. The van der Waals surface area contributed by atoms with Crippen molar-refractivity contribution in [1.82, 2.24) is 29.5 Å². The Kier molecular flexibility index (Phi) is 3.61. The summed E-state index contributed by atoms with van der Waals surface area (Å²) in [6.07, 6.45) is 5.13. The molecule has 0 saturated carbocycles. The van der Waals surface area contributed by atoms with Gasteiger partial charge < -0.3 is 0 Å². The van der Waals surface area contributed by atoms with Gasteiger partial charge in [0, 0.05) is 0 Å². The summed E-state index contributed by atoms with van der Waals surface area (Å²) in [5.74, 6) is 0.124. The van der Waals surface area contributed by atoms with Crippen LogP contribution in [-0.2, 0) is 26.4 Å². The molecule has 0 fully saturated rings. The average molecular weight is 492 g/mol. The Hall–Kier alpha value is -2.60. The fraction of sp³-hybridized carbons (Fsp3) is 0.0667. The van der Waals surface area contributed by atoms with Gasteiger partial charge in [-0.1, -0.05) is 0 Å². The Morgan fingerprint density at radius 3 is 2.83 bits per heavy atom. The Bertz CT molecular complexity index is 1040. The van der Waals surface area contributed by atoms with Gasteiger partial charge >= 0.3 is 147 Å². The number of nitrogen functional groups attached to an aromatic ring is 1. The minimum absolute atomic E-state index is 0.347. The number of hydrogen-bond donors (Lipinski definition) is 1. The third-order valence-electron chi connectivity index (χ3n) is 3.62. The zero-order valence-corrected chi connectivity index (χ0v) is 15.2. The van der Waals surface area contributed by atoms with E-state index < -0.39 is 0 Å². The molecule has 3 aromatic heterocycles. The molecule has 0 aliphatic rings. The number of anilines is 1. The van der Waals surface area contributed by atoms with Gasteiger partial charge in [0.15, 0.2) is 0 Å². The monoisotopic (exact) mass is 492 g/mol. The Balaban J connectivity index is 1.70. The molecule has 0 bridgehead atoms. The van der Waals surface area contributed by atoms with E-state index in [0.29, 0.717) is 23.7 Å². The first-order valence-electron chi connectivity index (χ1n) is 7.06. The topological polar surface area (TPSA) is 87.4 Å². The van der Waals surface area contributed by atoms with Gasteiger partial charge in [-0.2, -0.15) is 0 Å². The fourth-order valence-corrected chi connectivity index (χ4v) is 3.69. The van der Waals surface area contributed by atoms with E-state index in [1.54, 1.807) is 24.4 Å². The van der Waals surface area contributed by atoms with Crippen molar-refractivity contribution in [3.05, 3.63) is 54.5 Å². The molecule has 0 unspecified atom stereocenters. The van der Waals surface area contributed by atoms with E-state index in [1.165, 1.54) is 36.9 Å². The molecular formula is C15H11FN7W. The molecule has 0 radical (unpaired) electrons. The van der Waals surface area contributed by atoms with Crippen LogP contribution in [0, 0.1) is 5.82 Å². The van der Waals surface area contributed by atoms with Crippen LogP contribution in [0.1, 0.15) is 5.69 Å². The number of para-hydroxylation sites is 1. The van der Waals surface area contributed by atoms with Crippen LogP contribution in [-0.4, -0.2) is 29.5 Å². The van der Waals surface area contributed by atoms with Crippen LogP contribution in [0.25, 0.3) is 16.7 Å². The van der Waals surface area contributed by atoms with Crippen molar-refractivity contribution in [2.75, 3.05) is 5.73 Å². The molecule has 119 valence electrons. The van der Waals surface area contributed by atoms with Crippen LogP contribution in [0.4, 0.5) is 10.2 Å². The third kappa shape index (κ3) is 2.49. The predicted molar refractivity (Wildman–Crippen MR) is 82.0 cm³/mol. The molecule has 4 aromatic rings. The predicted octanol–water partition coefficient (Wildman–Crippen LogP) is 0.954. The van der Waals surface area contributed by atoms with Crippen molar-refractivity contribution in [2.24, 2.45) is 0 Å². The van der Waals surface area contributed by atoms with E-state index in [2.05, 4.69) is 20.3 Å². The molecule has 7 nitrogen and oxygen atoms in total. The first-order chi connectivity index (χ1) is 11.6. The Labute approximate surface area is 147 Å². The molecule has 0 atom stereocenters. The summed E-state index contributed by atoms with van der Waals surface area (Å²) in [4.78, 5) is 8.34. The van der Waals surface area contributed by atoms with E-state index in [0.717, 1.165) is 15.0 Å². The van der Waals surface area contributed by atoms with Gasteiger partial charge in [0.25, 0.3) is 0 Å². The number of halogens is 1. The summed E-state index contributed by atoms with van der Waals surface area (Å²) in [7, 11) is 0. The van der Waals surface area contributed by atoms with Gasteiger partial charge in [0.2, 0.25) is 0 Å². The zero-order valence-electron chi connectivity index (χ0n) is 12.3. The van der Waals surface area contributed by atoms with Gasteiger partial charge in [-0.25, -0.2) is 0 Å². The van der Waals surface area contributed by atoms with Gasteiger partial charge in [-0.15, -0.1) is 0 Å². The van der Waals surface area contributed by atoms with E-state index in [9.17, 15) is 4.39 Å². The van der Waals surface area contributed by atoms with Gasteiger partial charge in [0.05, 0.1) is 0 Å². The number of nitrogens with zero attached hydrogens (tertiary/aromatic N) is 6. The van der Waals surface area contributed by atoms with Crippen molar-refractivity contribution in [3.63, 3.8) is 0 Å². The SMILES string of the molecule is Nc1ncnc2c1[c]([W])cn2Cc1cn(-c2ccccc2F)nn1. The van der Waals surface area contributed by atoms with Crippen LogP contribution in [0.2, 0.25) is 0 Å². The summed E-state index contributed by atoms with van der Waals surface area (Å²) < 4.78 is 18.3. The number of benzene rings is 1. The quantitative estimate of drug-likeness (QED) is 0.461. The van der Waals surface area contributed by atoms with Crippen LogP contribution in [0.15, 0.2) is 43.0 Å². The molecule has 0 aliphatic heterocycles. The summed E-state index contributed by atoms with van der Waals surface area (Å²) in [5.41, 5.74) is 7.75. The fourth-order valence-electron chi connectivity index (χ4n) is 2.53. The number of aromatic nitrogens is 6. The van der Waals surface area contributed by atoms with Crippen LogP contribution >= 0.6 is 0 Å². The van der Waals surface area contributed by atoms with Gasteiger partial charge in [-0.05, 0) is 0 Å². The van der Waals surface area contributed by atoms with Crippen molar-refractivity contribution < 1.29 is 24.2 Å². The second-order valence-corrected chi connectivity index (χ2v) is 6.76. The van der Waals surface area contributed by atoms with Crippen molar-refractivity contribution >= 4 is 20.8 Å². The number of hydrogen-bond acceptors (Lipinski definition) is 5. The molecule has 4 rings (SSSR count). The zero-order chi connectivity index (χ0) is 16.7. The molecule has 9 heteroatoms. The van der Waals surface area contributed by atoms with Crippen molar-refractivity contribution in [3.8, 4) is 5.69 Å². The molecule has 3 heterocycles. The summed E-state index contributed by atoms with van der Waals surface area (Å²) in [6.45, 7) is 0.467. The molecule has 0 saturated heterocycles. The Morgan fingerprint density at radius 2 is 2.00 bits per heavy atom. The number of fused-ring (bicyclic) bond motifs is 1. The standard InChI is InChI=1S/C15H11FN7.W/c16-12-3-1-2-4-13(12)23-8-10(20-21-23)7-22-6-5-11-14(17)18-9-19-15(11)22;/h1-4,6,8-9H,7H2,(H2,17,18,19);. The van der Waals surface area contributed by atoms with Crippen molar-refractivity contribution in [2.45, 2.75) is 6.54 Å². The molecule has 2 N–H and O–H groups in total. The van der Waals surface area contributed by atoms with Crippen molar-refractivity contribution in [1.29, 1.82) is 0 Å². The maximum atomic E-state index is 13.8. The van der Waals surface area contributed by atoms with E-state index >= 15 is 0 Å². The molecular weight excluding hydrogens is 481 g/mol.